The van der Waals surface area contributed by atoms with Gasteiger partial charge >= 0.3 is 0 Å². The van der Waals surface area contributed by atoms with Gasteiger partial charge in [-0.15, -0.1) is 0 Å². The van der Waals surface area contributed by atoms with E-state index in [1.165, 1.54) is 0 Å². The molecule has 0 radical (unpaired) electrons. The molecule has 0 aliphatic rings. The molecule has 0 spiro atoms. The van der Waals surface area contributed by atoms with E-state index in [1.807, 2.05) is 6.92 Å². The van der Waals surface area contributed by atoms with E-state index in [4.69, 9.17) is 9.47 Å². The lowest BCUT2D eigenvalue weighted by Crippen LogP contribution is -2.33. The Labute approximate surface area is 75.6 Å². The fraction of sp³-hybridized carbons (Fsp3) is 1.00. The van der Waals surface area contributed by atoms with Gasteiger partial charge in [-0.3, -0.25) is 0 Å². The first-order valence-electron chi connectivity index (χ1n) is 4.53. The van der Waals surface area contributed by atoms with Crippen LogP contribution in [0.2, 0.25) is 0 Å². The lowest BCUT2D eigenvalue weighted by atomic mass is 10.3. The third-order valence-electron chi connectivity index (χ3n) is 1.90. The zero-order valence-corrected chi connectivity index (χ0v) is 8.67. The summed E-state index contributed by atoms with van der Waals surface area (Å²) in [5.74, 6) is 0. The van der Waals surface area contributed by atoms with Crippen LogP contribution in [-0.4, -0.2) is 51.5 Å². The maximum atomic E-state index is 5.28. The van der Waals surface area contributed by atoms with Crippen LogP contribution in [-0.2, 0) is 9.47 Å². The molecular weight excluding hydrogens is 154 g/mol. The monoisotopic (exact) mass is 175 g/mol. The van der Waals surface area contributed by atoms with E-state index in [2.05, 4.69) is 18.9 Å². The van der Waals surface area contributed by atoms with Crippen LogP contribution < -0.4 is 0 Å². The molecule has 0 aliphatic heterocycles. The van der Waals surface area contributed by atoms with Gasteiger partial charge in [0.1, 0.15) is 0 Å². The number of likely N-dealkylation sites (N-methyl/N-ethyl adjacent to an activating group) is 1. The molecule has 0 amide bonds. The van der Waals surface area contributed by atoms with Crippen molar-refractivity contribution in [2.45, 2.75) is 20.0 Å². The van der Waals surface area contributed by atoms with Crippen LogP contribution in [0, 0.1) is 0 Å². The molecule has 0 aromatic carbocycles. The van der Waals surface area contributed by atoms with Crippen molar-refractivity contribution in [2.24, 2.45) is 0 Å². The van der Waals surface area contributed by atoms with Gasteiger partial charge in [-0.05, 0) is 20.5 Å². The molecule has 0 bridgehead atoms. The normalized spacial score (nSPS) is 13.8. The van der Waals surface area contributed by atoms with Gasteiger partial charge in [0.15, 0.2) is 0 Å². The summed E-state index contributed by atoms with van der Waals surface area (Å²) in [5, 5.41) is 0. The van der Waals surface area contributed by atoms with Gasteiger partial charge in [-0.1, -0.05) is 6.92 Å². The molecule has 3 heteroatoms. The average molecular weight is 175 g/mol. The predicted molar refractivity (Wildman–Crippen MR) is 50.5 cm³/mol. The predicted octanol–water partition coefficient (Wildman–Crippen LogP) is 0.990. The van der Waals surface area contributed by atoms with Gasteiger partial charge in [0.05, 0.1) is 12.7 Å². The number of rotatable bonds is 7. The highest BCUT2D eigenvalue weighted by atomic mass is 16.5. The minimum atomic E-state index is 0.204. The first-order valence-corrected chi connectivity index (χ1v) is 4.53. The van der Waals surface area contributed by atoms with Crippen LogP contribution in [0.5, 0.6) is 0 Å². The van der Waals surface area contributed by atoms with Gasteiger partial charge in [-0.2, -0.15) is 0 Å². The van der Waals surface area contributed by atoms with Crippen LogP contribution >= 0.6 is 0 Å². The topological polar surface area (TPSA) is 21.7 Å². The Morgan fingerprint density at radius 2 is 2.00 bits per heavy atom. The van der Waals surface area contributed by atoms with Crippen molar-refractivity contribution in [1.29, 1.82) is 0 Å². The van der Waals surface area contributed by atoms with Crippen molar-refractivity contribution in [3.63, 3.8) is 0 Å². The Morgan fingerprint density at radius 3 is 2.42 bits per heavy atom. The number of hydrogen-bond acceptors (Lipinski definition) is 3. The molecule has 0 fully saturated rings. The van der Waals surface area contributed by atoms with Gasteiger partial charge in [0.2, 0.25) is 0 Å². The van der Waals surface area contributed by atoms with Gasteiger partial charge in [-0.25, -0.2) is 0 Å². The second-order valence-corrected chi connectivity index (χ2v) is 2.87. The fourth-order valence-corrected chi connectivity index (χ4v) is 0.921. The zero-order valence-electron chi connectivity index (χ0n) is 8.67. The maximum Gasteiger partial charge on any atom is 0.0931 e. The van der Waals surface area contributed by atoms with E-state index in [0.29, 0.717) is 6.61 Å². The summed E-state index contributed by atoms with van der Waals surface area (Å²) in [6.07, 6.45) is 0.204. The van der Waals surface area contributed by atoms with E-state index < -0.39 is 0 Å². The third-order valence-corrected chi connectivity index (χ3v) is 1.90. The minimum absolute atomic E-state index is 0.204. The van der Waals surface area contributed by atoms with E-state index in [-0.39, 0.29) is 6.10 Å². The van der Waals surface area contributed by atoms with Crippen molar-refractivity contribution in [2.75, 3.05) is 40.5 Å². The molecule has 0 aliphatic carbocycles. The SMILES string of the molecule is CCOCC(CN(C)CC)OC. The first kappa shape index (κ1) is 11.9. The Kier molecular flexibility index (Phi) is 7.45. The van der Waals surface area contributed by atoms with Crippen molar-refractivity contribution < 1.29 is 9.47 Å². The van der Waals surface area contributed by atoms with E-state index in [1.54, 1.807) is 7.11 Å². The largest absolute Gasteiger partial charge is 0.379 e. The Hall–Kier alpha value is -0.120. The lowest BCUT2D eigenvalue weighted by Gasteiger charge is -2.21. The molecule has 1 atom stereocenters. The standard InChI is InChI=1S/C9H21NO2/c1-5-10(3)7-9(11-4)8-12-6-2/h9H,5-8H2,1-4H3. The molecule has 74 valence electrons. The van der Waals surface area contributed by atoms with Gasteiger partial charge < -0.3 is 14.4 Å². The highest BCUT2D eigenvalue weighted by molar-refractivity contribution is 4.60. The van der Waals surface area contributed by atoms with E-state index in [0.717, 1.165) is 19.7 Å². The maximum absolute atomic E-state index is 5.28. The van der Waals surface area contributed by atoms with Crippen molar-refractivity contribution in [3.05, 3.63) is 0 Å². The summed E-state index contributed by atoms with van der Waals surface area (Å²) in [5.41, 5.74) is 0. The molecule has 0 aromatic rings. The lowest BCUT2D eigenvalue weighted by molar-refractivity contribution is -0.00195. The third kappa shape index (κ3) is 5.52. The van der Waals surface area contributed by atoms with E-state index in [9.17, 15) is 0 Å². The number of hydrogen-bond donors (Lipinski definition) is 0. The Bertz CT molecular complexity index is 98.5. The summed E-state index contributed by atoms with van der Waals surface area (Å²) in [6, 6.07) is 0. The molecule has 12 heavy (non-hydrogen) atoms. The molecule has 0 N–H and O–H groups in total. The van der Waals surface area contributed by atoms with Gasteiger partial charge in [0, 0.05) is 20.3 Å². The molecule has 3 nitrogen and oxygen atoms in total. The van der Waals surface area contributed by atoms with Crippen LogP contribution in [0.15, 0.2) is 0 Å². The second-order valence-electron chi connectivity index (χ2n) is 2.87. The molecule has 0 rings (SSSR count). The highest BCUT2D eigenvalue weighted by Gasteiger charge is 2.08. The average Bonchev–Trinajstić information content (AvgIpc) is 2.11. The number of methoxy groups -OCH3 is 1. The van der Waals surface area contributed by atoms with E-state index >= 15 is 0 Å². The number of ether oxygens (including phenoxy) is 2. The Morgan fingerprint density at radius 1 is 1.33 bits per heavy atom. The first-order chi connectivity index (χ1) is 5.74. The van der Waals surface area contributed by atoms with Crippen LogP contribution in [0.3, 0.4) is 0 Å². The molecule has 0 saturated heterocycles. The smallest absolute Gasteiger partial charge is 0.0931 e. The summed E-state index contributed by atoms with van der Waals surface area (Å²) in [4.78, 5) is 2.22. The molecule has 1 unspecified atom stereocenters. The summed E-state index contributed by atoms with van der Waals surface area (Å²) in [6.45, 7) is 7.57. The van der Waals surface area contributed by atoms with Gasteiger partial charge in [0.25, 0.3) is 0 Å². The minimum Gasteiger partial charge on any atom is -0.379 e. The quantitative estimate of drug-likeness (QED) is 0.576. The highest BCUT2D eigenvalue weighted by Crippen LogP contribution is 1.94. The van der Waals surface area contributed by atoms with Crippen molar-refractivity contribution >= 4 is 0 Å². The molecule has 0 saturated carbocycles. The summed E-state index contributed by atoms with van der Waals surface area (Å²) in [7, 11) is 3.81. The summed E-state index contributed by atoms with van der Waals surface area (Å²) < 4.78 is 10.5. The number of nitrogens with zero attached hydrogens (tertiary/aromatic N) is 1. The zero-order chi connectivity index (χ0) is 9.40. The summed E-state index contributed by atoms with van der Waals surface area (Å²) >= 11 is 0. The van der Waals surface area contributed by atoms with Crippen LogP contribution in [0.25, 0.3) is 0 Å². The van der Waals surface area contributed by atoms with Crippen molar-refractivity contribution in [3.8, 4) is 0 Å². The Balaban J connectivity index is 3.51. The second kappa shape index (κ2) is 7.53. The van der Waals surface area contributed by atoms with Crippen molar-refractivity contribution in [1.82, 2.24) is 4.90 Å². The molecule has 0 aromatic heterocycles. The fourth-order valence-electron chi connectivity index (χ4n) is 0.921. The molecule has 0 heterocycles. The van der Waals surface area contributed by atoms with Crippen LogP contribution in [0.4, 0.5) is 0 Å². The van der Waals surface area contributed by atoms with Crippen LogP contribution in [0.1, 0.15) is 13.8 Å². The molecular formula is C9H21NO2.